The first-order valence-electron chi connectivity index (χ1n) is 6.46. The first-order chi connectivity index (χ1) is 7.50. The van der Waals surface area contributed by atoms with E-state index < -0.39 is 5.97 Å². The molecule has 1 unspecified atom stereocenters. The Kier molecular flexibility index (Phi) is 8.61. The van der Waals surface area contributed by atoms with E-state index in [-0.39, 0.29) is 0 Å². The van der Waals surface area contributed by atoms with Crippen LogP contribution < -0.4 is 0 Å². The Bertz CT molecular complexity index is 200. The van der Waals surface area contributed by atoms with Crippen LogP contribution in [0.25, 0.3) is 0 Å². The molecule has 3 heteroatoms. The third-order valence-corrected chi connectivity index (χ3v) is 7.74. The van der Waals surface area contributed by atoms with E-state index in [4.69, 9.17) is 5.11 Å². The third-order valence-electron chi connectivity index (χ3n) is 3.73. The van der Waals surface area contributed by atoms with Crippen molar-refractivity contribution in [2.75, 3.05) is 0 Å². The van der Waals surface area contributed by atoms with Gasteiger partial charge in [0.1, 0.15) is 0 Å². The van der Waals surface area contributed by atoms with Gasteiger partial charge in [0.25, 0.3) is 0 Å². The quantitative estimate of drug-likeness (QED) is 0.473. The van der Waals surface area contributed by atoms with Crippen LogP contribution in [-0.2, 0) is 29.2 Å². The molecule has 0 aromatic carbocycles. The van der Waals surface area contributed by atoms with Crippen LogP contribution in [0.2, 0.25) is 3.17 Å². The molecule has 1 atom stereocenters. The van der Waals surface area contributed by atoms with Crippen molar-refractivity contribution in [3.63, 3.8) is 0 Å². The minimum atomic E-state index is -0.656. The van der Waals surface area contributed by atoms with Crippen LogP contribution in [-0.4, -0.2) is 11.1 Å². The van der Waals surface area contributed by atoms with E-state index in [1.54, 1.807) is 0 Å². The third kappa shape index (κ3) is 5.60. The van der Waals surface area contributed by atoms with Crippen LogP contribution >= 0.6 is 0 Å². The Hall–Kier alpha value is 0.340. The Morgan fingerprint density at radius 3 is 2.19 bits per heavy atom. The Balaban J connectivity index is 4.04. The fourth-order valence-corrected chi connectivity index (χ4v) is 3.62. The maximum absolute atomic E-state index is 10.4. The second kappa shape index (κ2) is 8.43. The van der Waals surface area contributed by atoms with Crippen LogP contribution in [0, 0.1) is 5.92 Å². The number of carbonyl (C=O) groups is 1. The molecule has 93 valence electrons. The summed E-state index contributed by atoms with van der Waals surface area (Å²) in [5, 5.41) is 8.59. The molecule has 0 aromatic heterocycles. The molecule has 0 spiro atoms. The fraction of sp³-hybridized carbons (Fsp3) is 0.923. The molecule has 0 aromatic rings. The second-order valence-electron chi connectivity index (χ2n) is 4.61. The van der Waals surface area contributed by atoms with Crippen LogP contribution in [0.4, 0.5) is 0 Å². The molecule has 2 nitrogen and oxygen atoms in total. The monoisotopic (exact) mass is 393 g/mol. The topological polar surface area (TPSA) is 37.3 Å². The van der Waals surface area contributed by atoms with Gasteiger partial charge >= 0.3 is 115 Å². The summed E-state index contributed by atoms with van der Waals surface area (Å²) in [5.41, 5.74) is 0. The van der Waals surface area contributed by atoms with Gasteiger partial charge in [0.2, 0.25) is 0 Å². The van der Waals surface area contributed by atoms with Crippen molar-refractivity contribution in [2.45, 2.75) is 68.9 Å². The summed E-state index contributed by atoms with van der Waals surface area (Å²) in [5.74, 6) is 0.152. The van der Waals surface area contributed by atoms with E-state index in [0.717, 1.165) is 18.8 Å². The summed E-state index contributed by atoms with van der Waals surface area (Å²) in [7, 11) is 0. The molecule has 0 heterocycles. The maximum atomic E-state index is 10.4. The number of hydrogen-bond donors (Lipinski definition) is 1. The number of hydrogen-bond acceptors (Lipinski definition) is 1. The SMILES string of the molecule is CCC(CCCCC(=O)O)[C]([Hf])(CC)CC. The Morgan fingerprint density at radius 1 is 1.25 bits per heavy atom. The van der Waals surface area contributed by atoms with Crippen molar-refractivity contribution >= 4 is 5.97 Å². The van der Waals surface area contributed by atoms with Crippen LogP contribution in [0.15, 0.2) is 0 Å². The summed E-state index contributed by atoms with van der Waals surface area (Å²) >= 11 is 1.26. The molecule has 0 aliphatic heterocycles. The fourth-order valence-electron chi connectivity index (χ4n) is 2.37. The summed E-state index contributed by atoms with van der Waals surface area (Å²) < 4.78 is 0.581. The predicted octanol–water partition coefficient (Wildman–Crippen LogP) is 4.18. The van der Waals surface area contributed by atoms with Crippen LogP contribution in [0.5, 0.6) is 0 Å². The van der Waals surface area contributed by atoms with Crippen molar-refractivity contribution in [1.29, 1.82) is 0 Å². The molecule has 16 heavy (non-hydrogen) atoms. The van der Waals surface area contributed by atoms with Gasteiger partial charge in [0.15, 0.2) is 0 Å². The van der Waals surface area contributed by atoms with E-state index in [1.807, 2.05) is 0 Å². The number of carboxylic acid groups (broad SMARTS) is 1. The van der Waals surface area contributed by atoms with Gasteiger partial charge in [0, 0.05) is 0 Å². The van der Waals surface area contributed by atoms with Gasteiger partial charge in [-0.05, 0) is 0 Å². The zero-order valence-corrected chi connectivity index (χ0v) is 14.5. The molecular formula is C13H25HfO2. The van der Waals surface area contributed by atoms with Gasteiger partial charge in [-0.15, -0.1) is 0 Å². The van der Waals surface area contributed by atoms with Gasteiger partial charge in [-0.1, -0.05) is 0 Å². The number of rotatable bonds is 9. The number of unbranched alkanes of at least 4 members (excludes halogenated alkanes) is 1. The standard InChI is InChI=1S/C13H25O2.Hf/c1-4-11(5-2)12(6-3)9-7-8-10-13(14)15;/h12H,4-10H2,1-3H3,(H,14,15);. The first kappa shape index (κ1) is 16.3. The van der Waals surface area contributed by atoms with Crippen molar-refractivity contribution in [3.05, 3.63) is 0 Å². The summed E-state index contributed by atoms with van der Waals surface area (Å²) in [6.07, 6.45) is 7.29. The molecule has 1 N–H and O–H groups in total. The van der Waals surface area contributed by atoms with Crippen LogP contribution in [0.3, 0.4) is 0 Å². The molecular weight excluding hydrogens is 367 g/mol. The van der Waals surface area contributed by atoms with Crippen molar-refractivity contribution in [1.82, 2.24) is 0 Å². The van der Waals surface area contributed by atoms with Crippen LogP contribution in [0.1, 0.15) is 65.7 Å². The number of aliphatic carboxylic acids is 1. The first-order valence-corrected chi connectivity index (χ1v) is 8.26. The van der Waals surface area contributed by atoms with E-state index in [2.05, 4.69) is 20.8 Å². The normalized spacial score (nSPS) is 13.6. The van der Waals surface area contributed by atoms with Gasteiger partial charge in [-0.3, -0.25) is 0 Å². The second-order valence-corrected chi connectivity index (χ2v) is 8.19. The molecule has 0 bridgehead atoms. The van der Waals surface area contributed by atoms with Gasteiger partial charge in [0.05, 0.1) is 0 Å². The molecule has 0 fully saturated rings. The van der Waals surface area contributed by atoms with E-state index in [1.165, 1.54) is 50.1 Å². The molecule has 0 radical (unpaired) electrons. The van der Waals surface area contributed by atoms with E-state index >= 15 is 0 Å². The zero-order valence-electron chi connectivity index (χ0n) is 10.9. The van der Waals surface area contributed by atoms with Crippen molar-refractivity contribution in [3.8, 4) is 0 Å². The van der Waals surface area contributed by atoms with E-state index in [0.29, 0.717) is 9.59 Å². The van der Waals surface area contributed by atoms with Gasteiger partial charge < -0.3 is 0 Å². The molecule has 0 aliphatic carbocycles. The molecule has 0 saturated heterocycles. The van der Waals surface area contributed by atoms with Gasteiger partial charge in [-0.2, -0.15) is 0 Å². The average molecular weight is 392 g/mol. The molecule has 0 saturated carbocycles. The molecule has 0 aliphatic rings. The predicted molar refractivity (Wildman–Crippen MR) is 63.2 cm³/mol. The minimum absolute atomic E-state index is 0.336. The Labute approximate surface area is 115 Å². The average Bonchev–Trinajstić information content (AvgIpc) is 2.28. The van der Waals surface area contributed by atoms with E-state index in [9.17, 15) is 4.79 Å². The Morgan fingerprint density at radius 2 is 1.81 bits per heavy atom. The molecule has 0 amide bonds. The van der Waals surface area contributed by atoms with Gasteiger partial charge in [-0.25, -0.2) is 0 Å². The zero-order chi connectivity index (χ0) is 12.6. The molecule has 0 rings (SSSR count). The van der Waals surface area contributed by atoms with Crippen molar-refractivity contribution < 1.29 is 34.3 Å². The van der Waals surface area contributed by atoms with Crippen molar-refractivity contribution in [2.24, 2.45) is 5.92 Å². The summed E-state index contributed by atoms with van der Waals surface area (Å²) in [4.78, 5) is 10.4. The summed E-state index contributed by atoms with van der Waals surface area (Å²) in [6, 6.07) is 0. The summed E-state index contributed by atoms with van der Waals surface area (Å²) in [6.45, 7) is 6.88. The number of carboxylic acids is 1.